The van der Waals surface area contributed by atoms with Crippen molar-refractivity contribution in [3.8, 4) is 0 Å². The average molecular weight is 493 g/mol. The van der Waals surface area contributed by atoms with E-state index in [1.807, 2.05) is 31.2 Å². The van der Waals surface area contributed by atoms with E-state index in [0.29, 0.717) is 61.7 Å². The number of benzene rings is 2. The summed E-state index contributed by atoms with van der Waals surface area (Å²) in [5, 5.41) is 3.77. The topological polar surface area (TPSA) is 67.9 Å². The second-order valence-electron chi connectivity index (χ2n) is 8.01. The van der Waals surface area contributed by atoms with Crippen LogP contribution >= 0.6 is 23.2 Å². The van der Waals surface area contributed by atoms with Gasteiger partial charge in [0.15, 0.2) is 0 Å². The third-order valence-corrected chi connectivity index (χ3v) is 6.29. The highest BCUT2D eigenvalue weighted by molar-refractivity contribution is 6.42. The van der Waals surface area contributed by atoms with Crippen LogP contribution in [0.3, 0.4) is 0 Å². The van der Waals surface area contributed by atoms with Crippen molar-refractivity contribution in [1.29, 1.82) is 0 Å². The van der Waals surface area contributed by atoms with E-state index in [1.54, 1.807) is 23.1 Å². The van der Waals surface area contributed by atoms with Gasteiger partial charge in [-0.1, -0.05) is 47.5 Å². The molecule has 1 unspecified atom stereocenters. The SMILES string of the molecule is CCOCCOCc1cccc(CNC(=O)C2CCCN(C(=O)c3ccc(Cl)c(Cl)c3)C2)c1. The van der Waals surface area contributed by atoms with Gasteiger partial charge < -0.3 is 19.7 Å². The molecular weight excluding hydrogens is 463 g/mol. The summed E-state index contributed by atoms with van der Waals surface area (Å²) in [5.41, 5.74) is 2.54. The maximum atomic E-state index is 12.9. The molecule has 2 amide bonds. The minimum atomic E-state index is -0.240. The third-order valence-electron chi connectivity index (χ3n) is 5.55. The molecule has 1 saturated heterocycles. The molecule has 8 heteroatoms. The molecule has 1 N–H and O–H groups in total. The molecule has 6 nitrogen and oxygen atoms in total. The number of halogens is 2. The van der Waals surface area contributed by atoms with E-state index in [9.17, 15) is 9.59 Å². The highest BCUT2D eigenvalue weighted by Gasteiger charge is 2.29. The minimum absolute atomic E-state index is 0.0417. The Balaban J connectivity index is 1.49. The zero-order chi connectivity index (χ0) is 23.6. The van der Waals surface area contributed by atoms with Crippen LogP contribution < -0.4 is 5.32 Å². The molecule has 2 aromatic rings. The summed E-state index contributed by atoms with van der Waals surface area (Å²) in [4.78, 5) is 27.4. The van der Waals surface area contributed by atoms with Gasteiger partial charge in [0.25, 0.3) is 5.91 Å². The van der Waals surface area contributed by atoms with Gasteiger partial charge in [-0.25, -0.2) is 0 Å². The van der Waals surface area contributed by atoms with E-state index in [-0.39, 0.29) is 17.7 Å². The number of carbonyl (C=O) groups is 2. The Labute approximate surface area is 205 Å². The van der Waals surface area contributed by atoms with Crippen LogP contribution in [0.4, 0.5) is 0 Å². The van der Waals surface area contributed by atoms with Crippen molar-refractivity contribution in [3.05, 3.63) is 69.2 Å². The number of piperidine rings is 1. The van der Waals surface area contributed by atoms with Crippen molar-refractivity contribution in [2.75, 3.05) is 32.9 Å². The van der Waals surface area contributed by atoms with Crippen molar-refractivity contribution in [2.24, 2.45) is 5.92 Å². The Bertz CT molecular complexity index is 954. The summed E-state index contributed by atoms with van der Waals surface area (Å²) in [5.74, 6) is -0.418. The Kier molecular flexibility index (Phi) is 10.0. The van der Waals surface area contributed by atoms with Gasteiger partial charge in [0.1, 0.15) is 0 Å². The molecule has 1 fully saturated rings. The second kappa shape index (κ2) is 12.9. The molecule has 2 aromatic carbocycles. The van der Waals surface area contributed by atoms with Crippen molar-refractivity contribution in [2.45, 2.75) is 32.9 Å². The van der Waals surface area contributed by atoms with Crippen LogP contribution in [0.25, 0.3) is 0 Å². The summed E-state index contributed by atoms with van der Waals surface area (Å²) in [6.45, 7) is 5.71. The normalized spacial score (nSPS) is 16.0. The predicted octanol–water partition coefficient (Wildman–Crippen LogP) is 4.72. The molecule has 33 heavy (non-hydrogen) atoms. The van der Waals surface area contributed by atoms with Crippen LogP contribution in [0.15, 0.2) is 42.5 Å². The summed E-state index contributed by atoms with van der Waals surface area (Å²) < 4.78 is 10.9. The van der Waals surface area contributed by atoms with Crippen LogP contribution in [0.5, 0.6) is 0 Å². The number of hydrogen-bond donors (Lipinski definition) is 1. The maximum Gasteiger partial charge on any atom is 0.253 e. The van der Waals surface area contributed by atoms with Crippen LogP contribution in [-0.2, 0) is 27.4 Å². The summed E-state index contributed by atoms with van der Waals surface area (Å²) in [6, 6.07) is 12.8. The lowest BCUT2D eigenvalue weighted by molar-refractivity contribution is -0.126. The molecule has 3 rings (SSSR count). The van der Waals surface area contributed by atoms with Gasteiger partial charge in [-0.15, -0.1) is 0 Å². The van der Waals surface area contributed by atoms with E-state index >= 15 is 0 Å². The first-order valence-corrected chi connectivity index (χ1v) is 12.0. The second-order valence-corrected chi connectivity index (χ2v) is 8.82. The van der Waals surface area contributed by atoms with Crippen molar-refractivity contribution in [1.82, 2.24) is 10.2 Å². The number of nitrogens with zero attached hydrogens (tertiary/aromatic N) is 1. The zero-order valence-electron chi connectivity index (χ0n) is 18.8. The van der Waals surface area contributed by atoms with Crippen molar-refractivity contribution < 1.29 is 19.1 Å². The molecule has 1 heterocycles. The minimum Gasteiger partial charge on any atom is -0.379 e. The molecule has 178 valence electrons. The van der Waals surface area contributed by atoms with E-state index in [1.165, 1.54) is 0 Å². The summed E-state index contributed by atoms with van der Waals surface area (Å²) >= 11 is 12.0. The number of carbonyl (C=O) groups excluding carboxylic acids is 2. The van der Waals surface area contributed by atoms with Crippen LogP contribution in [-0.4, -0.2) is 49.6 Å². The summed E-state index contributed by atoms with van der Waals surface area (Å²) in [7, 11) is 0. The monoisotopic (exact) mass is 492 g/mol. The lowest BCUT2D eigenvalue weighted by Crippen LogP contribution is -2.45. The van der Waals surface area contributed by atoms with Gasteiger partial charge in [-0.3, -0.25) is 9.59 Å². The van der Waals surface area contributed by atoms with Gasteiger partial charge in [-0.2, -0.15) is 0 Å². The first-order chi connectivity index (χ1) is 16.0. The number of hydrogen-bond acceptors (Lipinski definition) is 4. The quantitative estimate of drug-likeness (QED) is 0.487. The number of ether oxygens (including phenoxy) is 2. The highest BCUT2D eigenvalue weighted by atomic mass is 35.5. The molecule has 0 aromatic heterocycles. The van der Waals surface area contributed by atoms with Gasteiger partial charge in [0.2, 0.25) is 5.91 Å². The molecule has 1 aliphatic rings. The standard InChI is InChI=1S/C25H30Cl2N2O4/c1-2-32-11-12-33-17-19-6-3-5-18(13-19)15-28-24(30)21-7-4-10-29(16-21)25(31)20-8-9-22(26)23(27)14-20/h3,5-6,8-9,13-14,21H,2,4,7,10-12,15-17H2,1H3,(H,28,30). The van der Waals surface area contributed by atoms with E-state index in [0.717, 1.165) is 24.0 Å². The fourth-order valence-electron chi connectivity index (χ4n) is 3.80. The Morgan fingerprint density at radius 2 is 1.85 bits per heavy atom. The van der Waals surface area contributed by atoms with Gasteiger partial charge in [0.05, 0.1) is 35.8 Å². The van der Waals surface area contributed by atoms with Crippen LogP contribution in [0, 0.1) is 5.92 Å². The number of amides is 2. The van der Waals surface area contributed by atoms with Gasteiger partial charge in [-0.05, 0) is 49.1 Å². The Morgan fingerprint density at radius 3 is 2.64 bits per heavy atom. The largest absolute Gasteiger partial charge is 0.379 e. The fourth-order valence-corrected chi connectivity index (χ4v) is 4.10. The first kappa shape index (κ1) is 25.5. The predicted molar refractivity (Wildman–Crippen MR) is 130 cm³/mol. The molecule has 0 bridgehead atoms. The first-order valence-electron chi connectivity index (χ1n) is 11.2. The molecule has 0 aliphatic carbocycles. The number of nitrogens with one attached hydrogen (secondary N) is 1. The van der Waals surface area contributed by atoms with Crippen molar-refractivity contribution >= 4 is 35.0 Å². The lowest BCUT2D eigenvalue weighted by Gasteiger charge is -2.32. The zero-order valence-corrected chi connectivity index (χ0v) is 20.3. The Morgan fingerprint density at radius 1 is 1.06 bits per heavy atom. The van der Waals surface area contributed by atoms with E-state index in [2.05, 4.69) is 5.32 Å². The van der Waals surface area contributed by atoms with Gasteiger partial charge >= 0.3 is 0 Å². The molecule has 0 saturated carbocycles. The smallest absolute Gasteiger partial charge is 0.253 e. The van der Waals surface area contributed by atoms with Gasteiger partial charge in [0, 0.05) is 31.8 Å². The third kappa shape index (κ3) is 7.71. The lowest BCUT2D eigenvalue weighted by atomic mass is 9.96. The molecule has 1 atom stereocenters. The van der Waals surface area contributed by atoms with Crippen molar-refractivity contribution in [3.63, 3.8) is 0 Å². The van der Waals surface area contributed by atoms with E-state index in [4.69, 9.17) is 32.7 Å². The average Bonchev–Trinajstić information content (AvgIpc) is 2.84. The molecular formula is C25H30Cl2N2O4. The molecule has 0 radical (unpaired) electrons. The number of rotatable bonds is 10. The fraction of sp³-hybridized carbons (Fsp3) is 0.440. The molecule has 1 aliphatic heterocycles. The Hall–Kier alpha value is -2.12. The van der Waals surface area contributed by atoms with E-state index < -0.39 is 0 Å². The van der Waals surface area contributed by atoms with Crippen LogP contribution in [0.2, 0.25) is 10.0 Å². The number of likely N-dealkylation sites (tertiary alicyclic amines) is 1. The van der Waals surface area contributed by atoms with Crippen LogP contribution in [0.1, 0.15) is 41.3 Å². The summed E-state index contributed by atoms with van der Waals surface area (Å²) in [6.07, 6.45) is 1.53. The highest BCUT2D eigenvalue weighted by Crippen LogP contribution is 2.25. The maximum absolute atomic E-state index is 12.9. The molecule has 0 spiro atoms.